The maximum absolute atomic E-state index is 12.1. The second-order valence-corrected chi connectivity index (χ2v) is 4.98. The molecule has 2 rings (SSSR count). The number of carbonyl (C=O) groups excluding carboxylic acids is 2. The quantitative estimate of drug-likeness (QED) is 0.663. The lowest BCUT2D eigenvalue weighted by molar-refractivity contribution is -0.133. The van der Waals surface area contributed by atoms with Crippen molar-refractivity contribution in [2.24, 2.45) is 5.92 Å². The fraction of sp³-hybridized carbons (Fsp3) is 0.294. The number of ether oxygens (including phenoxy) is 2. The minimum Gasteiger partial charge on any atom is -0.501 e. The lowest BCUT2D eigenvalue weighted by Gasteiger charge is -2.23. The highest BCUT2D eigenvalue weighted by Crippen LogP contribution is 2.23. The predicted molar refractivity (Wildman–Crippen MR) is 81.2 cm³/mol. The van der Waals surface area contributed by atoms with Gasteiger partial charge in [0.2, 0.25) is 0 Å². The average molecular weight is 302 g/mol. The summed E-state index contributed by atoms with van der Waals surface area (Å²) in [4.78, 5) is 24.1. The Labute approximate surface area is 128 Å². The number of benzene rings is 1. The smallest absolute Gasteiger partial charge is 0.172 e. The van der Waals surface area contributed by atoms with Crippen molar-refractivity contribution >= 4 is 17.6 Å². The minimum atomic E-state index is -1.06. The van der Waals surface area contributed by atoms with Crippen LogP contribution in [-0.2, 0) is 14.3 Å². The van der Waals surface area contributed by atoms with Crippen LogP contribution in [0.2, 0.25) is 0 Å². The molecule has 2 unspecified atom stereocenters. The van der Waals surface area contributed by atoms with Crippen LogP contribution in [0.5, 0.6) is 5.75 Å². The summed E-state index contributed by atoms with van der Waals surface area (Å²) in [6, 6.07) is 7.14. The van der Waals surface area contributed by atoms with Crippen LogP contribution in [0.25, 0.3) is 6.08 Å². The molecule has 5 nitrogen and oxygen atoms in total. The number of rotatable bonds is 5. The predicted octanol–water partition coefficient (Wildman–Crippen LogP) is 1.76. The molecule has 0 bridgehead atoms. The molecule has 0 aromatic heterocycles. The number of hydrogen-bond donors (Lipinski definition) is 1. The molecule has 0 heterocycles. The van der Waals surface area contributed by atoms with Gasteiger partial charge in [-0.3, -0.25) is 9.59 Å². The number of allylic oxidation sites excluding steroid dienone is 2. The molecule has 5 heteroatoms. The molecular formula is C17H18O5. The molecule has 0 saturated heterocycles. The zero-order valence-corrected chi connectivity index (χ0v) is 12.5. The van der Waals surface area contributed by atoms with E-state index in [2.05, 4.69) is 0 Å². The third-order valence-electron chi connectivity index (χ3n) is 3.53. The zero-order valence-electron chi connectivity index (χ0n) is 12.5. The van der Waals surface area contributed by atoms with Gasteiger partial charge in [0, 0.05) is 12.5 Å². The standard InChI is InChI=1S/C17H18O5/c1-21-12-6-3-11(4-7-12)5-8-14(18)17-15(19)9-13(22-2)10-16(17)20/h3-9,16-17,20H,10H2,1-2H3. The molecule has 1 N–H and O–H groups in total. The molecule has 0 radical (unpaired) electrons. The number of aliphatic hydroxyl groups excluding tert-OH is 1. The van der Waals surface area contributed by atoms with Crippen LogP contribution in [0, 0.1) is 5.92 Å². The first-order valence-corrected chi connectivity index (χ1v) is 6.87. The molecule has 1 aliphatic carbocycles. The number of ketones is 2. The molecule has 1 aromatic rings. The third kappa shape index (κ3) is 3.62. The van der Waals surface area contributed by atoms with E-state index in [-0.39, 0.29) is 6.42 Å². The fourth-order valence-electron chi connectivity index (χ4n) is 2.29. The summed E-state index contributed by atoms with van der Waals surface area (Å²) in [6.07, 6.45) is 3.31. The van der Waals surface area contributed by atoms with Crippen molar-refractivity contribution < 1.29 is 24.2 Å². The van der Waals surface area contributed by atoms with E-state index in [9.17, 15) is 14.7 Å². The molecule has 2 atom stereocenters. The molecule has 0 saturated carbocycles. The summed E-state index contributed by atoms with van der Waals surface area (Å²) in [5.74, 6) is -0.799. The Morgan fingerprint density at radius 1 is 1.23 bits per heavy atom. The lowest BCUT2D eigenvalue weighted by atomic mass is 9.85. The summed E-state index contributed by atoms with van der Waals surface area (Å²) in [7, 11) is 3.00. The lowest BCUT2D eigenvalue weighted by Crippen LogP contribution is -2.37. The normalized spacial score (nSPS) is 21.6. The van der Waals surface area contributed by atoms with Crippen LogP contribution in [-0.4, -0.2) is 37.0 Å². The molecule has 0 aliphatic heterocycles. The topological polar surface area (TPSA) is 72.8 Å². The molecular weight excluding hydrogens is 284 g/mol. The highest BCUT2D eigenvalue weighted by Gasteiger charge is 2.35. The van der Waals surface area contributed by atoms with Gasteiger partial charge in [-0.1, -0.05) is 18.2 Å². The summed E-state index contributed by atoms with van der Waals surface area (Å²) in [5, 5.41) is 9.96. The Hall–Kier alpha value is -2.40. The first-order valence-electron chi connectivity index (χ1n) is 6.87. The molecule has 1 aliphatic rings. The van der Waals surface area contributed by atoms with Crippen molar-refractivity contribution in [2.45, 2.75) is 12.5 Å². The van der Waals surface area contributed by atoms with Crippen LogP contribution in [0.1, 0.15) is 12.0 Å². The van der Waals surface area contributed by atoms with Crippen LogP contribution in [0.4, 0.5) is 0 Å². The molecule has 1 aromatic carbocycles. The van der Waals surface area contributed by atoms with E-state index >= 15 is 0 Å². The van der Waals surface area contributed by atoms with Gasteiger partial charge < -0.3 is 14.6 Å². The van der Waals surface area contributed by atoms with Gasteiger partial charge in [-0.15, -0.1) is 0 Å². The van der Waals surface area contributed by atoms with Gasteiger partial charge in [0.25, 0.3) is 0 Å². The van der Waals surface area contributed by atoms with Gasteiger partial charge in [0.15, 0.2) is 11.6 Å². The molecule has 116 valence electrons. The highest BCUT2D eigenvalue weighted by atomic mass is 16.5. The van der Waals surface area contributed by atoms with Crippen LogP contribution in [0.15, 0.2) is 42.2 Å². The summed E-state index contributed by atoms with van der Waals surface area (Å²) in [5.41, 5.74) is 0.806. The minimum absolute atomic E-state index is 0.162. The molecule has 22 heavy (non-hydrogen) atoms. The third-order valence-corrected chi connectivity index (χ3v) is 3.53. The Morgan fingerprint density at radius 3 is 2.45 bits per heavy atom. The Kier molecular flexibility index (Phi) is 5.12. The van der Waals surface area contributed by atoms with E-state index in [0.29, 0.717) is 5.76 Å². The fourth-order valence-corrected chi connectivity index (χ4v) is 2.29. The molecule has 0 fully saturated rings. The van der Waals surface area contributed by atoms with Gasteiger partial charge in [-0.25, -0.2) is 0 Å². The van der Waals surface area contributed by atoms with Crippen molar-refractivity contribution in [1.29, 1.82) is 0 Å². The van der Waals surface area contributed by atoms with Crippen molar-refractivity contribution in [2.75, 3.05) is 14.2 Å². The number of carbonyl (C=O) groups is 2. The van der Waals surface area contributed by atoms with Crippen LogP contribution in [0.3, 0.4) is 0 Å². The average Bonchev–Trinajstić information content (AvgIpc) is 2.52. The number of hydrogen-bond acceptors (Lipinski definition) is 5. The second kappa shape index (κ2) is 7.04. The molecule has 0 amide bonds. The maximum atomic E-state index is 12.1. The summed E-state index contributed by atoms with van der Waals surface area (Å²) >= 11 is 0. The van der Waals surface area contributed by atoms with Crippen molar-refractivity contribution in [3.05, 3.63) is 47.7 Å². The Morgan fingerprint density at radius 2 is 1.91 bits per heavy atom. The van der Waals surface area contributed by atoms with Gasteiger partial charge in [0.05, 0.1) is 20.3 Å². The van der Waals surface area contributed by atoms with Gasteiger partial charge in [0.1, 0.15) is 17.4 Å². The van der Waals surface area contributed by atoms with E-state index in [4.69, 9.17) is 9.47 Å². The first-order chi connectivity index (χ1) is 10.5. The Bertz CT molecular complexity index is 612. The van der Waals surface area contributed by atoms with E-state index in [1.807, 2.05) is 0 Å². The largest absolute Gasteiger partial charge is 0.501 e. The summed E-state index contributed by atoms with van der Waals surface area (Å²) < 4.78 is 10.0. The second-order valence-electron chi connectivity index (χ2n) is 4.98. The van der Waals surface area contributed by atoms with E-state index < -0.39 is 23.6 Å². The molecule has 0 spiro atoms. The first kappa shape index (κ1) is 16.0. The zero-order chi connectivity index (χ0) is 16.1. The SMILES string of the molecule is COC1=CC(=O)C(C(=O)C=Cc2ccc(OC)cc2)C(O)C1. The highest BCUT2D eigenvalue weighted by molar-refractivity contribution is 6.13. The van der Waals surface area contributed by atoms with Gasteiger partial charge in [-0.2, -0.15) is 0 Å². The van der Waals surface area contributed by atoms with Crippen molar-refractivity contribution in [3.63, 3.8) is 0 Å². The van der Waals surface area contributed by atoms with Crippen molar-refractivity contribution in [3.8, 4) is 5.75 Å². The summed E-state index contributed by atoms with van der Waals surface area (Å²) in [6.45, 7) is 0. The maximum Gasteiger partial charge on any atom is 0.172 e. The van der Waals surface area contributed by atoms with Crippen molar-refractivity contribution in [1.82, 2.24) is 0 Å². The monoisotopic (exact) mass is 302 g/mol. The van der Waals surface area contributed by atoms with Crippen LogP contribution < -0.4 is 4.74 Å². The van der Waals surface area contributed by atoms with E-state index in [1.54, 1.807) is 37.5 Å². The van der Waals surface area contributed by atoms with Gasteiger partial charge in [-0.05, 0) is 23.8 Å². The van der Waals surface area contributed by atoms with Gasteiger partial charge >= 0.3 is 0 Å². The van der Waals surface area contributed by atoms with E-state index in [1.165, 1.54) is 19.3 Å². The Balaban J connectivity index is 2.09. The van der Waals surface area contributed by atoms with E-state index in [0.717, 1.165) is 11.3 Å². The van der Waals surface area contributed by atoms with Crippen LogP contribution >= 0.6 is 0 Å². The number of aliphatic hydroxyl groups is 1. The number of methoxy groups -OCH3 is 2.